The Bertz CT molecular complexity index is 2170. The smallest absolute Gasteiger partial charge is 0.271 e. The molecule has 2 N–H and O–H groups in total. The van der Waals surface area contributed by atoms with Gasteiger partial charge in [-0.15, -0.1) is 0 Å². The van der Waals surface area contributed by atoms with Crippen molar-refractivity contribution in [2.75, 3.05) is 31.6 Å². The Morgan fingerprint density at radius 2 is 1.64 bits per heavy atom. The van der Waals surface area contributed by atoms with Crippen molar-refractivity contribution in [3.8, 4) is 23.3 Å². The third kappa shape index (κ3) is 8.29. The summed E-state index contributed by atoms with van der Waals surface area (Å²) >= 11 is 0. The molecule has 2 aliphatic carbocycles. The van der Waals surface area contributed by atoms with Gasteiger partial charge in [0.1, 0.15) is 47.0 Å². The molecule has 0 bridgehead atoms. The second kappa shape index (κ2) is 16.6. The number of carbonyl (C=O) groups is 5. The number of hydrogen-bond acceptors (Lipinski definition) is 13. The van der Waals surface area contributed by atoms with Crippen LogP contribution in [0.15, 0.2) is 48.8 Å². The van der Waals surface area contributed by atoms with Crippen LogP contribution < -0.4 is 29.7 Å². The summed E-state index contributed by atoms with van der Waals surface area (Å²) < 4.78 is 17.7. The Kier molecular flexibility index (Phi) is 11.2. The predicted octanol–water partition coefficient (Wildman–Crippen LogP) is 3.63. The van der Waals surface area contributed by atoms with Crippen LogP contribution in [0.1, 0.15) is 102 Å². The quantitative estimate of drug-likeness (QED) is 0.238. The number of ether oxygens (including phenoxy) is 3. The minimum absolute atomic E-state index is 0.0154. The molecule has 5 aliphatic rings. The lowest BCUT2D eigenvalue weighted by Crippen LogP contribution is -2.58. The molecule has 2 saturated carbocycles. The molecular formula is C43H48N8O8. The van der Waals surface area contributed by atoms with E-state index in [1.165, 1.54) is 7.11 Å². The summed E-state index contributed by atoms with van der Waals surface area (Å²) in [6.07, 6.45) is 8.18. The predicted molar refractivity (Wildman–Crippen MR) is 212 cm³/mol. The highest BCUT2D eigenvalue weighted by Crippen LogP contribution is 2.36. The van der Waals surface area contributed by atoms with Gasteiger partial charge in [0.2, 0.25) is 11.8 Å². The lowest BCUT2D eigenvalue weighted by Gasteiger charge is -2.49. The molecule has 5 amide bonds. The van der Waals surface area contributed by atoms with Crippen LogP contribution in [0, 0.1) is 17.2 Å². The van der Waals surface area contributed by atoms with Gasteiger partial charge in [-0.25, -0.2) is 9.97 Å². The van der Waals surface area contributed by atoms with E-state index in [1.807, 2.05) is 0 Å². The Hall–Kier alpha value is -6.08. The van der Waals surface area contributed by atoms with E-state index in [-0.39, 0.29) is 53.8 Å². The van der Waals surface area contributed by atoms with Crippen LogP contribution in [-0.2, 0) is 9.59 Å². The summed E-state index contributed by atoms with van der Waals surface area (Å²) in [5, 5.41) is 14.5. The Balaban J connectivity index is 0.761. The van der Waals surface area contributed by atoms with E-state index in [0.717, 1.165) is 68.9 Å². The molecule has 1 atom stereocenters. The van der Waals surface area contributed by atoms with Crippen LogP contribution in [-0.4, -0.2) is 112 Å². The van der Waals surface area contributed by atoms with Crippen molar-refractivity contribution in [1.82, 2.24) is 30.4 Å². The van der Waals surface area contributed by atoms with E-state index in [9.17, 15) is 29.2 Å². The van der Waals surface area contributed by atoms with Crippen molar-refractivity contribution in [3.63, 3.8) is 0 Å². The summed E-state index contributed by atoms with van der Waals surface area (Å²) in [5.41, 5.74) is 1.18. The first kappa shape index (κ1) is 39.7. The molecule has 59 heavy (non-hydrogen) atoms. The molecule has 2 aromatic carbocycles. The number of fused-ring (bicyclic) bond motifs is 1. The molecule has 3 aliphatic heterocycles. The molecule has 8 rings (SSSR count). The topological polar surface area (TPSA) is 196 Å². The van der Waals surface area contributed by atoms with Gasteiger partial charge in [-0.2, -0.15) is 5.26 Å². The number of aromatic nitrogens is 2. The fourth-order valence-corrected chi connectivity index (χ4v) is 8.79. The second-order valence-electron chi connectivity index (χ2n) is 16.4. The van der Waals surface area contributed by atoms with Gasteiger partial charge >= 0.3 is 0 Å². The zero-order valence-corrected chi connectivity index (χ0v) is 33.4. The van der Waals surface area contributed by atoms with Gasteiger partial charge in [-0.3, -0.25) is 39.1 Å². The number of benzene rings is 2. The molecule has 16 nitrogen and oxygen atoms in total. The first-order valence-electron chi connectivity index (χ1n) is 20.4. The van der Waals surface area contributed by atoms with E-state index in [0.29, 0.717) is 40.8 Å². The van der Waals surface area contributed by atoms with Gasteiger partial charge in [0.15, 0.2) is 0 Å². The lowest BCUT2D eigenvalue weighted by molar-refractivity contribution is -0.136. The van der Waals surface area contributed by atoms with Crippen LogP contribution in [0.25, 0.3) is 0 Å². The summed E-state index contributed by atoms with van der Waals surface area (Å²) in [6, 6.07) is 11.9. The van der Waals surface area contributed by atoms with Crippen molar-refractivity contribution in [1.29, 1.82) is 5.26 Å². The van der Waals surface area contributed by atoms with Crippen LogP contribution in [0.4, 0.5) is 5.82 Å². The third-order valence-corrected chi connectivity index (χ3v) is 12.1. The van der Waals surface area contributed by atoms with Crippen LogP contribution in [0.5, 0.6) is 17.2 Å². The molecule has 4 heterocycles. The number of nitrogens with zero attached hydrogens (tertiary/aromatic N) is 6. The molecule has 0 radical (unpaired) electrons. The highest BCUT2D eigenvalue weighted by molar-refractivity contribution is 6.23. The summed E-state index contributed by atoms with van der Waals surface area (Å²) in [4.78, 5) is 78.0. The second-order valence-corrected chi connectivity index (χ2v) is 16.4. The van der Waals surface area contributed by atoms with E-state index >= 15 is 0 Å². The number of imide groups is 2. The Morgan fingerprint density at radius 3 is 2.32 bits per heavy atom. The third-order valence-electron chi connectivity index (χ3n) is 12.1. The zero-order valence-electron chi connectivity index (χ0n) is 33.4. The number of piperidine rings is 1. The lowest BCUT2D eigenvalue weighted by atomic mass is 9.85. The van der Waals surface area contributed by atoms with Gasteiger partial charge in [-0.1, -0.05) is 0 Å². The van der Waals surface area contributed by atoms with Gasteiger partial charge < -0.3 is 24.4 Å². The molecule has 16 heteroatoms. The maximum Gasteiger partial charge on any atom is 0.271 e. The number of hydrogen-bond donors (Lipinski definition) is 2. The Labute approximate surface area is 342 Å². The summed E-state index contributed by atoms with van der Waals surface area (Å²) in [6.45, 7) is 7.01. The summed E-state index contributed by atoms with van der Waals surface area (Å²) in [5.74, 6) is 0.476. The van der Waals surface area contributed by atoms with Gasteiger partial charge in [0, 0.05) is 69.0 Å². The number of nitriles is 1. The maximum atomic E-state index is 13.2. The fraction of sp³-hybridized carbons (Fsp3) is 0.488. The molecule has 3 aromatic rings. The normalized spacial score (nSPS) is 24.2. The van der Waals surface area contributed by atoms with E-state index < -0.39 is 29.7 Å². The first-order valence-corrected chi connectivity index (χ1v) is 20.4. The van der Waals surface area contributed by atoms with Crippen molar-refractivity contribution < 1.29 is 38.2 Å². The average Bonchev–Trinajstić information content (AvgIpc) is 3.44. The van der Waals surface area contributed by atoms with E-state index in [4.69, 9.17) is 14.2 Å². The van der Waals surface area contributed by atoms with Crippen LogP contribution >= 0.6 is 0 Å². The largest absolute Gasteiger partial charge is 0.495 e. The highest BCUT2D eigenvalue weighted by atomic mass is 16.5. The van der Waals surface area contributed by atoms with Crippen molar-refractivity contribution in [2.24, 2.45) is 5.92 Å². The number of nitrogens with one attached hydrogen (secondary N) is 2. The minimum atomic E-state index is -1.01. The Morgan fingerprint density at radius 1 is 0.932 bits per heavy atom. The highest BCUT2D eigenvalue weighted by Gasteiger charge is 2.45. The average molecular weight is 805 g/mol. The molecule has 0 unspecified atom stereocenters. The number of methoxy groups -OCH3 is 1. The molecule has 308 valence electrons. The SMILES string of the molecule is COc1cc(OC2CCC(NC(=O)c3cnc(N4CC(CN(C(C)C)C5CC(Oc6ccc7c(c6)C(=O)N([C@@H]6CCC(=O)NC6=O)C7=O)C5)C4)cn3)CC2)ccc1C#N. The van der Waals surface area contributed by atoms with Crippen LogP contribution in [0.2, 0.25) is 0 Å². The van der Waals surface area contributed by atoms with E-state index in [2.05, 4.69) is 50.3 Å². The molecule has 4 fully saturated rings. The number of anilines is 1. The fourth-order valence-electron chi connectivity index (χ4n) is 8.79. The summed E-state index contributed by atoms with van der Waals surface area (Å²) in [7, 11) is 1.53. The molecule has 0 spiro atoms. The first-order chi connectivity index (χ1) is 28.5. The minimum Gasteiger partial charge on any atom is -0.495 e. The van der Waals surface area contributed by atoms with Gasteiger partial charge in [-0.05, 0) is 76.3 Å². The van der Waals surface area contributed by atoms with E-state index in [1.54, 1.807) is 48.8 Å². The standard InChI is InChI=1S/C43H48N8O8/c1-24(2)50(28-14-32(15-28)59-30-10-11-33-34(16-30)43(56)51(42(33)55)36-12-13-39(52)48-41(36)54)23-25-21-49(22-25)38-20-45-35(19-46-38)40(53)47-27-5-8-29(9-6-27)58-31-7-4-26(18-44)37(17-31)57-3/h4,7,10-11,16-17,19-20,24-25,27-29,32,36H,5-6,8-9,12-15,21-23H2,1-3H3,(H,47,53)(H,48,52,54)/t27?,28?,29?,32?,36-/m1/s1. The molecule has 1 aromatic heterocycles. The van der Waals surface area contributed by atoms with Crippen molar-refractivity contribution >= 4 is 35.4 Å². The van der Waals surface area contributed by atoms with Crippen molar-refractivity contribution in [3.05, 3.63) is 71.2 Å². The number of rotatable bonds is 13. The zero-order chi connectivity index (χ0) is 41.4. The maximum absolute atomic E-state index is 13.2. The van der Waals surface area contributed by atoms with Crippen LogP contribution in [0.3, 0.4) is 0 Å². The number of amides is 5. The molecule has 2 saturated heterocycles. The van der Waals surface area contributed by atoms with Gasteiger partial charge in [0.05, 0.1) is 42.3 Å². The number of carbonyl (C=O) groups excluding carboxylic acids is 5. The van der Waals surface area contributed by atoms with Gasteiger partial charge in [0.25, 0.3) is 17.7 Å². The van der Waals surface area contributed by atoms with Crippen molar-refractivity contribution in [2.45, 2.75) is 102 Å². The molecular weight excluding hydrogens is 757 g/mol. The monoisotopic (exact) mass is 804 g/mol.